The number of aromatic nitrogens is 2. The molecule has 1 unspecified atom stereocenters. The van der Waals surface area contributed by atoms with Gasteiger partial charge in [0, 0.05) is 10.9 Å². The molecule has 0 radical (unpaired) electrons. The number of carbonyl (C=O) groups is 1. The van der Waals surface area contributed by atoms with E-state index in [1.54, 1.807) is 6.92 Å². The third-order valence-electron chi connectivity index (χ3n) is 3.28. The molecule has 0 bridgehead atoms. The molecule has 0 saturated carbocycles. The number of hydrogen-bond donors (Lipinski definition) is 0. The minimum absolute atomic E-state index is 0.0942. The van der Waals surface area contributed by atoms with Crippen LogP contribution in [0.25, 0.3) is 10.2 Å². The molecule has 102 valence electrons. The number of carbonyl (C=O) groups excluding carboxylic acids is 1. The molecule has 0 spiro atoms. The first-order chi connectivity index (χ1) is 8.95. The maximum atomic E-state index is 12.5. The molecule has 6 heteroatoms. The van der Waals surface area contributed by atoms with Gasteiger partial charge in [-0.1, -0.05) is 0 Å². The fourth-order valence-corrected chi connectivity index (χ4v) is 2.97. The Hall–Kier alpha value is -1.69. The largest absolute Gasteiger partial charge is 0.469 e. The van der Waals surface area contributed by atoms with Crippen LogP contribution in [0.1, 0.15) is 29.8 Å². The maximum Gasteiger partial charge on any atom is 0.307 e. The monoisotopic (exact) mass is 280 g/mol. The highest BCUT2D eigenvalue weighted by Gasteiger charge is 2.17. The van der Waals surface area contributed by atoms with Crippen LogP contribution in [0.3, 0.4) is 0 Å². The summed E-state index contributed by atoms with van der Waals surface area (Å²) >= 11 is 1.52. The van der Waals surface area contributed by atoms with Crippen LogP contribution in [0.2, 0.25) is 0 Å². The average Bonchev–Trinajstić information content (AvgIpc) is 2.66. The van der Waals surface area contributed by atoms with Crippen molar-refractivity contribution in [3.8, 4) is 0 Å². The van der Waals surface area contributed by atoms with E-state index in [9.17, 15) is 9.59 Å². The van der Waals surface area contributed by atoms with Gasteiger partial charge in [-0.15, -0.1) is 11.3 Å². The second-order valence-electron chi connectivity index (χ2n) is 4.55. The quantitative estimate of drug-likeness (QED) is 0.809. The molecule has 0 saturated heterocycles. The van der Waals surface area contributed by atoms with Gasteiger partial charge in [0.15, 0.2) is 0 Å². The van der Waals surface area contributed by atoms with Crippen molar-refractivity contribution >= 4 is 27.5 Å². The van der Waals surface area contributed by atoms with Gasteiger partial charge in [-0.2, -0.15) is 0 Å². The van der Waals surface area contributed by atoms with Crippen LogP contribution in [0, 0.1) is 13.8 Å². The summed E-state index contributed by atoms with van der Waals surface area (Å²) in [6.07, 6.45) is 1.67. The van der Waals surface area contributed by atoms with E-state index in [1.165, 1.54) is 29.3 Å². The molecule has 0 aromatic carbocycles. The molecule has 0 aliphatic rings. The molecule has 1 atom stereocenters. The zero-order chi connectivity index (χ0) is 14.2. The van der Waals surface area contributed by atoms with Gasteiger partial charge in [0.2, 0.25) is 0 Å². The number of ether oxygens (including phenoxy) is 1. The van der Waals surface area contributed by atoms with Crippen LogP contribution in [0.5, 0.6) is 0 Å². The number of methoxy groups -OCH3 is 1. The Morgan fingerprint density at radius 1 is 1.53 bits per heavy atom. The smallest absolute Gasteiger partial charge is 0.307 e. The van der Waals surface area contributed by atoms with E-state index in [4.69, 9.17) is 0 Å². The van der Waals surface area contributed by atoms with Crippen molar-refractivity contribution in [3.63, 3.8) is 0 Å². The van der Waals surface area contributed by atoms with Gasteiger partial charge in [-0.3, -0.25) is 14.2 Å². The van der Waals surface area contributed by atoms with E-state index in [-0.39, 0.29) is 24.0 Å². The van der Waals surface area contributed by atoms with Crippen LogP contribution >= 0.6 is 11.3 Å². The fourth-order valence-electron chi connectivity index (χ4n) is 1.98. The highest BCUT2D eigenvalue weighted by atomic mass is 32.1. The molecule has 0 aliphatic carbocycles. The lowest BCUT2D eigenvalue weighted by molar-refractivity contribution is -0.141. The Morgan fingerprint density at radius 2 is 2.21 bits per heavy atom. The van der Waals surface area contributed by atoms with Crippen molar-refractivity contribution < 1.29 is 9.53 Å². The second-order valence-corrected chi connectivity index (χ2v) is 5.75. The van der Waals surface area contributed by atoms with E-state index < -0.39 is 0 Å². The standard InChI is InChI=1S/C13H16N2O3S/c1-7(5-10(16)18-4)15-6-14-12-11(13(15)17)8(2)9(3)19-12/h6-7H,5H2,1-4H3. The Kier molecular flexibility index (Phi) is 3.71. The lowest BCUT2D eigenvalue weighted by Crippen LogP contribution is -2.25. The molecule has 5 nitrogen and oxygen atoms in total. The number of fused-ring (bicyclic) bond motifs is 1. The van der Waals surface area contributed by atoms with E-state index in [1.807, 2.05) is 13.8 Å². The lowest BCUT2D eigenvalue weighted by atomic mass is 10.2. The number of esters is 1. The number of nitrogens with zero attached hydrogens (tertiary/aromatic N) is 2. The summed E-state index contributed by atoms with van der Waals surface area (Å²) in [5, 5.41) is 0.654. The van der Waals surface area contributed by atoms with Gasteiger partial charge >= 0.3 is 5.97 Å². The van der Waals surface area contributed by atoms with Crippen LogP contribution in [0.4, 0.5) is 0 Å². The van der Waals surface area contributed by atoms with Crippen molar-refractivity contribution in [1.29, 1.82) is 0 Å². The molecule has 0 fully saturated rings. The van der Waals surface area contributed by atoms with Crippen LogP contribution in [-0.2, 0) is 9.53 Å². The summed E-state index contributed by atoms with van der Waals surface area (Å²) < 4.78 is 6.12. The summed E-state index contributed by atoms with van der Waals surface area (Å²) in [5.74, 6) is -0.335. The molecule has 0 amide bonds. The first kappa shape index (κ1) is 13.7. The van der Waals surface area contributed by atoms with Gasteiger partial charge < -0.3 is 4.74 Å². The number of hydrogen-bond acceptors (Lipinski definition) is 5. The van der Waals surface area contributed by atoms with Gasteiger partial charge in [0.05, 0.1) is 25.2 Å². The van der Waals surface area contributed by atoms with E-state index in [2.05, 4.69) is 9.72 Å². The number of aryl methyl sites for hydroxylation is 2. The van der Waals surface area contributed by atoms with E-state index in [0.717, 1.165) is 15.3 Å². The molecule has 2 aromatic heterocycles. The summed E-state index contributed by atoms with van der Waals surface area (Å²) in [7, 11) is 1.34. The molecule has 0 N–H and O–H groups in total. The third-order valence-corrected chi connectivity index (χ3v) is 4.39. The first-order valence-corrected chi connectivity index (χ1v) is 6.81. The lowest BCUT2D eigenvalue weighted by Gasteiger charge is -2.13. The van der Waals surface area contributed by atoms with Crippen LogP contribution < -0.4 is 5.56 Å². The average molecular weight is 280 g/mol. The molecule has 2 heterocycles. The molecule has 19 heavy (non-hydrogen) atoms. The molecule has 0 aliphatic heterocycles. The Balaban J connectivity index is 2.51. The summed E-state index contributed by atoms with van der Waals surface area (Å²) in [6, 6.07) is -0.267. The van der Waals surface area contributed by atoms with Crippen molar-refractivity contribution in [3.05, 3.63) is 27.1 Å². The Morgan fingerprint density at radius 3 is 2.84 bits per heavy atom. The highest BCUT2D eigenvalue weighted by molar-refractivity contribution is 7.18. The van der Waals surface area contributed by atoms with E-state index >= 15 is 0 Å². The topological polar surface area (TPSA) is 61.2 Å². The molecular weight excluding hydrogens is 264 g/mol. The predicted octanol–water partition coefficient (Wildman–Crippen LogP) is 2.20. The highest BCUT2D eigenvalue weighted by Crippen LogP contribution is 2.26. The van der Waals surface area contributed by atoms with Crippen molar-refractivity contribution in [2.24, 2.45) is 0 Å². The number of thiophene rings is 1. The zero-order valence-electron chi connectivity index (χ0n) is 11.4. The van der Waals surface area contributed by atoms with Crippen LogP contribution in [-0.4, -0.2) is 22.6 Å². The Labute approximate surface area is 114 Å². The molecule has 2 rings (SSSR count). The van der Waals surface area contributed by atoms with Crippen LogP contribution in [0.15, 0.2) is 11.1 Å². The van der Waals surface area contributed by atoms with Gasteiger partial charge in [0.1, 0.15) is 4.83 Å². The summed E-state index contributed by atoms with van der Waals surface area (Å²) in [4.78, 5) is 29.9. The van der Waals surface area contributed by atoms with E-state index in [0.29, 0.717) is 5.39 Å². The normalized spacial score (nSPS) is 12.6. The van der Waals surface area contributed by atoms with Gasteiger partial charge in [-0.25, -0.2) is 4.98 Å². The number of rotatable bonds is 3. The van der Waals surface area contributed by atoms with Gasteiger partial charge in [-0.05, 0) is 26.3 Å². The predicted molar refractivity (Wildman–Crippen MR) is 74.7 cm³/mol. The van der Waals surface area contributed by atoms with Crippen molar-refractivity contribution in [1.82, 2.24) is 9.55 Å². The molecular formula is C13H16N2O3S. The van der Waals surface area contributed by atoms with Crippen molar-refractivity contribution in [2.75, 3.05) is 7.11 Å². The first-order valence-electron chi connectivity index (χ1n) is 5.99. The SMILES string of the molecule is COC(=O)CC(C)n1cnc2sc(C)c(C)c2c1=O. The molecule has 2 aromatic rings. The summed E-state index contributed by atoms with van der Waals surface area (Å²) in [5.41, 5.74) is 0.875. The Bertz CT molecular complexity index is 687. The summed E-state index contributed by atoms with van der Waals surface area (Å²) in [6.45, 7) is 5.70. The minimum Gasteiger partial charge on any atom is -0.469 e. The zero-order valence-corrected chi connectivity index (χ0v) is 12.2. The minimum atomic E-state index is -0.335. The van der Waals surface area contributed by atoms with Crippen molar-refractivity contribution in [2.45, 2.75) is 33.2 Å². The third kappa shape index (κ3) is 2.40. The fraction of sp³-hybridized carbons (Fsp3) is 0.462. The maximum absolute atomic E-state index is 12.5. The van der Waals surface area contributed by atoms with Gasteiger partial charge in [0.25, 0.3) is 5.56 Å². The second kappa shape index (κ2) is 5.13.